The maximum Gasteiger partial charge on any atom is 0.244 e. The largest absolute Gasteiger partial charge is 0.250 e. The molecule has 0 bridgehead atoms. The smallest absolute Gasteiger partial charge is 0.244 e. The van der Waals surface area contributed by atoms with Crippen molar-refractivity contribution in [3.63, 3.8) is 0 Å². The van der Waals surface area contributed by atoms with Gasteiger partial charge in [0.1, 0.15) is 22.3 Å². The molecular weight excluding hydrogens is 313 g/mol. The van der Waals surface area contributed by atoms with Crippen molar-refractivity contribution < 1.29 is 12.8 Å². The van der Waals surface area contributed by atoms with Gasteiger partial charge in [-0.05, 0) is 19.1 Å². The van der Waals surface area contributed by atoms with E-state index in [1.54, 1.807) is 18.5 Å². The number of nitrogens with zero attached hydrogens (tertiary/aromatic N) is 3. The summed E-state index contributed by atoms with van der Waals surface area (Å²) in [5.41, 5.74) is 1.92. The molecule has 0 atom stereocenters. The van der Waals surface area contributed by atoms with Gasteiger partial charge in [0.25, 0.3) is 0 Å². The Morgan fingerprint density at radius 2 is 2.19 bits per heavy atom. The first-order valence-electron chi connectivity index (χ1n) is 5.92. The predicted molar refractivity (Wildman–Crippen MR) is 76.6 cm³/mol. The highest BCUT2D eigenvalue weighted by Gasteiger charge is 2.26. The Kier molecular flexibility index (Phi) is 4.37. The van der Waals surface area contributed by atoms with Gasteiger partial charge >= 0.3 is 0 Å². The van der Waals surface area contributed by atoms with Gasteiger partial charge in [-0.1, -0.05) is 6.07 Å². The van der Waals surface area contributed by atoms with E-state index in [9.17, 15) is 12.8 Å². The molecule has 0 saturated heterocycles. The van der Waals surface area contributed by atoms with Crippen LogP contribution in [0.15, 0.2) is 28.6 Å². The van der Waals surface area contributed by atoms with Crippen molar-refractivity contribution in [1.82, 2.24) is 9.29 Å². The van der Waals surface area contributed by atoms with E-state index in [0.29, 0.717) is 0 Å². The zero-order valence-electron chi connectivity index (χ0n) is 11.4. The molecule has 5 nitrogen and oxygen atoms in total. The van der Waals surface area contributed by atoms with Crippen LogP contribution in [0.3, 0.4) is 0 Å². The monoisotopic (exact) mass is 325 g/mol. The number of benzene rings is 1. The van der Waals surface area contributed by atoms with E-state index in [2.05, 4.69) is 4.98 Å². The Bertz CT molecular complexity index is 809. The van der Waals surface area contributed by atoms with Crippen molar-refractivity contribution in [2.24, 2.45) is 0 Å². The van der Waals surface area contributed by atoms with Crippen molar-refractivity contribution in [2.75, 3.05) is 7.05 Å². The number of hydrogen-bond donors (Lipinski definition) is 0. The van der Waals surface area contributed by atoms with Gasteiger partial charge in [0.15, 0.2) is 0 Å². The minimum Gasteiger partial charge on any atom is -0.250 e. The molecule has 8 heteroatoms. The maximum absolute atomic E-state index is 13.6. The van der Waals surface area contributed by atoms with Gasteiger partial charge in [-0.3, -0.25) is 0 Å². The van der Waals surface area contributed by atoms with Crippen molar-refractivity contribution >= 4 is 21.4 Å². The third-order valence-electron chi connectivity index (χ3n) is 2.99. The molecule has 0 saturated carbocycles. The fraction of sp³-hybridized carbons (Fsp3) is 0.231. The summed E-state index contributed by atoms with van der Waals surface area (Å²) in [5, 5.41) is 8.96. The van der Waals surface area contributed by atoms with Crippen molar-refractivity contribution in [2.45, 2.75) is 18.4 Å². The molecular formula is C13H12FN3O2S2. The van der Waals surface area contributed by atoms with Gasteiger partial charge in [-0.15, -0.1) is 11.3 Å². The lowest BCUT2D eigenvalue weighted by Gasteiger charge is -2.17. The highest BCUT2D eigenvalue weighted by Crippen LogP contribution is 2.24. The van der Waals surface area contributed by atoms with Crippen LogP contribution in [0.25, 0.3) is 0 Å². The molecule has 0 spiro atoms. The van der Waals surface area contributed by atoms with E-state index in [4.69, 9.17) is 5.26 Å². The van der Waals surface area contributed by atoms with Gasteiger partial charge in [0, 0.05) is 18.5 Å². The second kappa shape index (κ2) is 5.89. The molecule has 0 amide bonds. The van der Waals surface area contributed by atoms with Gasteiger partial charge in [-0.2, -0.15) is 9.57 Å². The molecule has 1 aromatic heterocycles. The van der Waals surface area contributed by atoms with E-state index in [1.165, 1.54) is 30.5 Å². The first-order valence-corrected chi connectivity index (χ1v) is 8.23. The first kappa shape index (κ1) is 15.6. The number of thiazole rings is 1. The van der Waals surface area contributed by atoms with Crippen LogP contribution in [-0.4, -0.2) is 24.8 Å². The summed E-state index contributed by atoms with van der Waals surface area (Å²) >= 11 is 1.35. The highest BCUT2D eigenvalue weighted by molar-refractivity contribution is 7.89. The third kappa shape index (κ3) is 2.95. The molecule has 2 aromatic rings. The summed E-state index contributed by atoms with van der Waals surface area (Å²) in [7, 11) is -2.56. The molecule has 0 aliphatic heterocycles. The van der Waals surface area contributed by atoms with E-state index >= 15 is 0 Å². The number of rotatable bonds is 4. The first-order chi connectivity index (χ1) is 9.87. The van der Waals surface area contributed by atoms with Crippen molar-refractivity contribution in [1.29, 1.82) is 5.26 Å². The molecule has 0 aliphatic carbocycles. The highest BCUT2D eigenvalue weighted by atomic mass is 32.2. The second-order valence-electron chi connectivity index (χ2n) is 4.35. The van der Waals surface area contributed by atoms with Gasteiger partial charge < -0.3 is 0 Å². The summed E-state index contributed by atoms with van der Waals surface area (Å²) in [6.45, 7) is 1.91. The third-order valence-corrected chi connectivity index (χ3v) is 5.75. The lowest BCUT2D eigenvalue weighted by atomic mass is 10.2. The topological polar surface area (TPSA) is 74.1 Å². The zero-order chi connectivity index (χ0) is 15.6. The number of sulfonamides is 1. The fourth-order valence-electron chi connectivity index (χ4n) is 1.76. The number of nitriles is 1. The summed E-state index contributed by atoms with van der Waals surface area (Å²) in [6.07, 6.45) is 0. The number of aromatic nitrogens is 1. The normalized spacial score (nSPS) is 11.6. The molecule has 2 rings (SSSR count). The van der Waals surface area contributed by atoms with Gasteiger partial charge in [-0.25, -0.2) is 17.8 Å². The predicted octanol–water partition coefficient (Wildman–Crippen LogP) is 2.28. The van der Waals surface area contributed by atoms with Crippen LogP contribution in [-0.2, 0) is 16.6 Å². The summed E-state index contributed by atoms with van der Waals surface area (Å²) in [5.74, 6) is -0.846. The fourth-order valence-corrected chi connectivity index (χ4v) is 3.96. The van der Waals surface area contributed by atoms with Crippen LogP contribution in [0.2, 0.25) is 0 Å². The standard InChI is InChI=1S/C13H12FN3O2S2/c1-9-12(20-8-16-9)7-17(2)21(18,19)13-5-3-4-11(14)10(13)6-15/h3-5,8H,7H2,1-2H3. The summed E-state index contributed by atoms with van der Waals surface area (Å²) in [4.78, 5) is 4.53. The SMILES string of the molecule is Cc1ncsc1CN(C)S(=O)(=O)c1cccc(F)c1C#N. The summed E-state index contributed by atoms with van der Waals surface area (Å²) in [6, 6.07) is 5.17. The molecule has 0 radical (unpaired) electrons. The Morgan fingerprint density at radius 3 is 2.76 bits per heavy atom. The lowest BCUT2D eigenvalue weighted by molar-refractivity contribution is 0.467. The molecule has 21 heavy (non-hydrogen) atoms. The van der Waals surface area contributed by atoms with Gasteiger partial charge in [0.05, 0.1) is 11.2 Å². The Morgan fingerprint density at radius 1 is 1.48 bits per heavy atom. The van der Waals surface area contributed by atoms with Gasteiger partial charge in [0.2, 0.25) is 10.0 Å². The zero-order valence-corrected chi connectivity index (χ0v) is 13.0. The van der Waals surface area contributed by atoms with Crippen LogP contribution >= 0.6 is 11.3 Å². The van der Waals surface area contributed by atoms with Crippen LogP contribution in [0.4, 0.5) is 4.39 Å². The molecule has 0 fully saturated rings. The second-order valence-corrected chi connectivity index (χ2v) is 7.30. The lowest BCUT2D eigenvalue weighted by Crippen LogP contribution is -2.27. The van der Waals surface area contributed by atoms with E-state index < -0.39 is 21.4 Å². The molecule has 1 aromatic carbocycles. The molecule has 1 heterocycles. The van der Waals surface area contributed by atoms with Crippen molar-refractivity contribution in [3.05, 3.63) is 45.7 Å². The average Bonchev–Trinajstić information content (AvgIpc) is 2.84. The Labute approximate surface area is 126 Å². The molecule has 0 aliphatic rings. The van der Waals surface area contributed by atoms with Crippen LogP contribution in [0, 0.1) is 24.1 Å². The number of aryl methyl sites for hydroxylation is 1. The van der Waals surface area contributed by atoms with Crippen LogP contribution in [0.5, 0.6) is 0 Å². The van der Waals surface area contributed by atoms with E-state index in [-0.39, 0.29) is 11.4 Å². The van der Waals surface area contributed by atoms with E-state index in [1.807, 2.05) is 0 Å². The van der Waals surface area contributed by atoms with Crippen LogP contribution in [0.1, 0.15) is 16.1 Å². The molecule has 0 unspecified atom stereocenters. The number of halogens is 1. The van der Waals surface area contributed by atoms with Crippen LogP contribution < -0.4 is 0 Å². The Hall–Kier alpha value is -1.82. The Balaban J connectivity index is 2.41. The molecule has 110 valence electrons. The minimum absolute atomic E-state index is 0.125. The quantitative estimate of drug-likeness (QED) is 0.864. The maximum atomic E-state index is 13.6. The number of hydrogen-bond acceptors (Lipinski definition) is 5. The van der Waals surface area contributed by atoms with E-state index in [0.717, 1.165) is 20.9 Å². The molecule has 0 N–H and O–H groups in total. The minimum atomic E-state index is -3.95. The summed E-state index contributed by atoms with van der Waals surface area (Å²) < 4.78 is 39.6. The average molecular weight is 325 g/mol. The van der Waals surface area contributed by atoms with Crippen molar-refractivity contribution in [3.8, 4) is 6.07 Å².